The highest BCUT2D eigenvalue weighted by Gasteiger charge is 2.27. The number of aryl methyl sites for hydroxylation is 1. The molecule has 1 saturated heterocycles. The molecule has 0 spiro atoms. The number of rotatable bonds is 3. The molecule has 1 aliphatic heterocycles. The van der Waals surface area contributed by atoms with Gasteiger partial charge in [-0.1, -0.05) is 6.92 Å². The predicted octanol–water partition coefficient (Wildman–Crippen LogP) is 1.63. The van der Waals surface area contributed by atoms with Crippen molar-refractivity contribution in [1.82, 2.24) is 14.7 Å². The van der Waals surface area contributed by atoms with E-state index >= 15 is 0 Å². The molecule has 17 heavy (non-hydrogen) atoms. The predicted molar refractivity (Wildman–Crippen MR) is 69.6 cm³/mol. The van der Waals surface area contributed by atoms with E-state index in [9.17, 15) is 0 Å². The third kappa shape index (κ3) is 2.69. The van der Waals surface area contributed by atoms with Gasteiger partial charge in [0.15, 0.2) is 0 Å². The minimum atomic E-state index is 0.372. The molecule has 2 heterocycles. The monoisotopic (exact) mass is 236 g/mol. The summed E-state index contributed by atoms with van der Waals surface area (Å²) >= 11 is 0. The molecule has 1 aromatic rings. The summed E-state index contributed by atoms with van der Waals surface area (Å²) in [6, 6.07) is 0.821. The third-order valence-corrected chi connectivity index (χ3v) is 4.01. The van der Waals surface area contributed by atoms with E-state index in [4.69, 9.17) is 5.73 Å². The van der Waals surface area contributed by atoms with Crippen LogP contribution in [0.1, 0.15) is 38.8 Å². The molecule has 1 aromatic heterocycles. The Morgan fingerprint density at radius 3 is 2.94 bits per heavy atom. The van der Waals surface area contributed by atoms with E-state index in [0.717, 1.165) is 26.1 Å². The van der Waals surface area contributed by atoms with Gasteiger partial charge in [0.05, 0.1) is 6.20 Å². The molecule has 0 aromatic carbocycles. The molecule has 3 atom stereocenters. The van der Waals surface area contributed by atoms with Crippen LogP contribution in [0, 0.1) is 5.92 Å². The maximum atomic E-state index is 6.06. The van der Waals surface area contributed by atoms with Gasteiger partial charge in [0.25, 0.3) is 0 Å². The molecule has 0 amide bonds. The maximum Gasteiger partial charge on any atom is 0.0537 e. The van der Waals surface area contributed by atoms with Crippen LogP contribution in [0.5, 0.6) is 0 Å². The smallest absolute Gasteiger partial charge is 0.0537 e. The van der Waals surface area contributed by atoms with Gasteiger partial charge in [-0.05, 0) is 26.2 Å². The summed E-state index contributed by atoms with van der Waals surface area (Å²) in [6.07, 6.45) is 5.25. The lowest BCUT2D eigenvalue weighted by Gasteiger charge is -2.38. The van der Waals surface area contributed by atoms with Crippen LogP contribution >= 0.6 is 0 Å². The first-order valence-corrected chi connectivity index (χ1v) is 6.63. The van der Waals surface area contributed by atoms with Gasteiger partial charge < -0.3 is 5.73 Å². The number of aromatic nitrogens is 2. The summed E-state index contributed by atoms with van der Waals surface area (Å²) < 4.78 is 1.99. The molecule has 2 rings (SSSR count). The third-order valence-electron chi connectivity index (χ3n) is 4.01. The molecule has 3 unspecified atom stereocenters. The van der Waals surface area contributed by atoms with Crippen LogP contribution in [0.3, 0.4) is 0 Å². The topological polar surface area (TPSA) is 47.1 Å². The summed E-state index contributed by atoms with van der Waals surface area (Å²) in [5, 5.41) is 4.35. The van der Waals surface area contributed by atoms with Crippen LogP contribution < -0.4 is 5.73 Å². The Morgan fingerprint density at radius 2 is 2.35 bits per heavy atom. The van der Waals surface area contributed by atoms with Crippen molar-refractivity contribution in [2.24, 2.45) is 11.7 Å². The van der Waals surface area contributed by atoms with Crippen LogP contribution in [0.15, 0.2) is 12.4 Å². The Balaban J connectivity index is 2.02. The average molecular weight is 236 g/mol. The second-order valence-corrected chi connectivity index (χ2v) is 5.23. The molecule has 1 aliphatic rings. The van der Waals surface area contributed by atoms with Crippen molar-refractivity contribution in [1.29, 1.82) is 0 Å². The van der Waals surface area contributed by atoms with Gasteiger partial charge in [-0.15, -0.1) is 0 Å². The van der Waals surface area contributed by atoms with Crippen molar-refractivity contribution in [3.05, 3.63) is 18.0 Å². The van der Waals surface area contributed by atoms with Crippen LogP contribution in [-0.4, -0.2) is 33.8 Å². The molecule has 2 N–H and O–H groups in total. The first-order valence-electron chi connectivity index (χ1n) is 6.63. The summed E-state index contributed by atoms with van der Waals surface area (Å²) in [7, 11) is 0. The standard InChI is InChI=1S/C13H24N4/c1-4-17-9-12(7-15-17)11(3)16-6-5-13(14)10(2)8-16/h7,9-11,13H,4-6,8,14H2,1-3H3. The van der Waals surface area contributed by atoms with E-state index in [-0.39, 0.29) is 0 Å². The van der Waals surface area contributed by atoms with Crippen molar-refractivity contribution >= 4 is 0 Å². The quantitative estimate of drug-likeness (QED) is 0.867. The van der Waals surface area contributed by atoms with Crippen LogP contribution in [-0.2, 0) is 6.54 Å². The Hall–Kier alpha value is -0.870. The minimum absolute atomic E-state index is 0.372. The fourth-order valence-corrected chi connectivity index (χ4v) is 2.53. The Labute approximate surface area is 104 Å². The van der Waals surface area contributed by atoms with E-state index in [2.05, 4.69) is 37.0 Å². The first-order chi connectivity index (χ1) is 8.11. The second kappa shape index (κ2) is 5.19. The van der Waals surface area contributed by atoms with Gasteiger partial charge in [-0.25, -0.2) is 0 Å². The summed E-state index contributed by atoms with van der Waals surface area (Å²) in [5.74, 6) is 0.590. The lowest BCUT2D eigenvalue weighted by atomic mass is 9.93. The zero-order chi connectivity index (χ0) is 12.4. The van der Waals surface area contributed by atoms with Crippen molar-refractivity contribution in [3.63, 3.8) is 0 Å². The second-order valence-electron chi connectivity index (χ2n) is 5.23. The van der Waals surface area contributed by atoms with Crippen molar-refractivity contribution in [2.75, 3.05) is 13.1 Å². The van der Waals surface area contributed by atoms with E-state index in [1.54, 1.807) is 0 Å². The van der Waals surface area contributed by atoms with Gasteiger partial charge in [0, 0.05) is 43.5 Å². The maximum absolute atomic E-state index is 6.06. The highest BCUT2D eigenvalue weighted by Crippen LogP contribution is 2.25. The Morgan fingerprint density at radius 1 is 1.59 bits per heavy atom. The molecule has 0 aliphatic carbocycles. The molecule has 0 bridgehead atoms. The number of hydrogen-bond donors (Lipinski definition) is 1. The van der Waals surface area contributed by atoms with Crippen LogP contribution in [0.25, 0.3) is 0 Å². The lowest BCUT2D eigenvalue weighted by Crippen LogP contribution is -2.46. The highest BCUT2D eigenvalue weighted by molar-refractivity contribution is 5.10. The van der Waals surface area contributed by atoms with Crippen LogP contribution in [0.4, 0.5) is 0 Å². The van der Waals surface area contributed by atoms with E-state index in [0.29, 0.717) is 18.0 Å². The van der Waals surface area contributed by atoms with Gasteiger partial charge in [0.1, 0.15) is 0 Å². The zero-order valence-electron chi connectivity index (χ0n) is 11.1. The molecule has 96 valence electrons. The van der Waals surface area contributed by atoms with E-state index in [1.165, 1.54) is 5.56 Å². The van der Waals surface area contributed by atoms with Gasteiger partial charge in [-0.2, -0.15) is 5.10 Å². The molecule has 0 saturated carbocycles. The Bertz CT molecular complexity index is 360. The molecule has 4 nitrogen and oxygen atoms in total. The van der Waals surface area contributed by atoms with E-state index < -0.39 is 0 Å². The van der Waals surface area contributed by atoms with E-state index in [1.807, 2.05) is 10.9 Å². The molecule has 1 fully saturated rings. The molecule has 4 heteroatoms. The number of likely N-dealkylation sites (tertiary alicyclic amines) is 1. The summed E-state index contributed by atoms with van der Waals surface area (Å²) in [6.45, 7) is 9.76. The first kappa shape index (κ1) is 12.6. The van der Waals surface area contributed by atoms with Gasteiger partial charge in [0.2, 0.25) is 0 Å². The minimum Gasteiger partial charge on any atom is -0.327 e. The molecule has 0 radical (unpaired) electrons. The van der Waals surface area contributed by atoms with Crippen molar-refractivity contribution in [2.45, 2.75) is 45.8 Å². The average Bonchev–Trinajstić information content (AvgIpc) is 2.80. The summed E-state index contributed by atoms with van der Waals surface area (Å²) in [5.41, 5.74) is 7.38. The zero-order valence-corrected chi connectivity index (χ0v) is 11.1. The summed E-state index contributed by atoms with van der Waals surface area (Å²) in [4.78, 5) is 2.52. The molecular formula is C13H24N4. The largest absolute Gasteiger partial charge is 0.327 e. The highest BCUT2D eigenvalue weighted by atomic mass is 15.3. The van der Waals surface area contributed by atoms with Gasteiger partial charge >= 0.3 is 0 Å². The SMILES string of the molecule is CCn1cc(C(C)N2CCC(N)C(C)C2)cn1. The lowest BCUT2D eigenvalue weighted by molar-refractivity contribution is 0.124. The number of piperidine rings is 1. The number of nitrogens with zero attached hydrogens (tertiary/aromatic N) is 3. The Kier molecular flexibility index (Phi) is 3.84. The number of hydrogen-bond acceptors (Lipinski definition) is 3. The van der Waals surface area contributed by atoms with Gasteiger partial charge in [-0.3, -0.25) is 9.58 Å². The molecular weight excluding hydrogens is 212 g/mol. The van der Waals surface area contributed by atoms with Crippen molar-refractivity contribution in [3.8, 4) is 0 Å². The fraction of sp³-hybridized carbons (Fsp3) is 0.769. The number of nitrogens with two attached hydrogens (primary N) is 1. The fourth-order valence-electron chi connectivity index (χ4n) is 2.53. The normalized spacial score (nSPS) is 28.2. The van der Waals surface area contributed by atoms with Crippen LogP contribution in [0.2, 0.25) is 0 Å². The van der Waals surface area contributed by atoms with Crippen molar-refractivity contribution < 1.29 is 0 Å².